The summed E-state index contributed by atoms with van der Waals surface area (Å²) in [5, 5.41) is 23.8. The molecule has 0 unspecified atom stereocenters. The number of para-hydroxylation sites is 2. The molecule has 23 heavy (non-hydrogen) atoms. The Morgan fingerprint density at radius 3 is 2.43 bits per heavy atom. The van der Waals surface area contributed by atoms with Crippen molar-refractivity contribution in [3.63, 3.8) is 0 Å². The molecule has 0 radical (unpaired) electrons. The summed E-state index contributed by atoms with van der Waals surface area (Å²) < 4.78 is 1.25. The van der Waals surface area contributed by atoms with Gasteiger partial charge in [-0.05, 0) is 49.2 Å². The highest BCUT2D eigenvalue weighted by Crippen LogP contribution is 2.27. The van der Waals surface area contributed by atoms with E-state index in [0.717, 1.165) is 16.7 Å². The van der Waals surface area contributed by atoms with Crippen molar-refractivity contribution in [3.8, 4) is 22.7 Å². The van der Waals surface area contributed by atoms with E-state index >= 15 is 0 Å². The van der Waals surface area contributed by atoms with Crippen LogP contribution < -0.4 is 0 Å². The van der Waals surface area contributed by atoms with Gasteiger partial charge in [-0.3, -0.25) is 0 Å². The lowest BCUT2D eigenvalue weighted by molar-refractivity contribution is 0.0687. The molecule has 2 N–H and O–H groups in total. The highest BCUT2D eigenvalue weighted by Gasteiger charge is 2.18. The first-order valence-electron chi connectivity index (χ1n) is 7.16. The van der Waals surface area contributed by atoms with Gasteiger partial charge in [0.1, 0.15) is 11.4 Å². The Morgan fingerprint density at radius 1 is 1.04 bits per heavy atom. The Morgan fingerprint density at radius 2 is 1.78 bits per heavy atom. The lowest BCUT2D eigenvalue weighted by atomic mass is 10.0. The number of rotatable bonds is 3. The fourth-order valence-electron chi connectivity index (χ4n) is 2.40. The highest BCUT2D eigenvalue weighted by atomic mass is 16.4. The maximum Gasteiger partial charge on any atom is 0.354 e. The number of hydrogen-bond acceptors (Lipinski definition) is 3. The molecule has 0 bridgehead atoms. The van der Waals surface area contributed by atoms with Gasteiger partial charge < -0.3 is 10.2 Å². The number of carbonyl (C=O) groups is 1. The average Bonchev–Trinajstić information content (AvgIpc) is 2.96. The van der Waals surface area contributed by atoms with Crippen molar-refractivity contribution in [2.24, 2.45) is 0 Å². The van der Waals surface area contributed by atoms with E-state index in [9.17, 15) is 15.0 Å². The van der Waals surface area contributed by atoms with Gasteiger partial charge in [-0.2, -0.15) is 5.10 Å². The van der Waals surface area contributed by atoms with Gasteiger partial charge >= 0.3 is 5.97 Å². The molecule has 0 fully saturated rings. The number of phenols is 1. The topological polar surface area (TPSA) is 75.3 Å². The predicted octanol–water partition coefficient (Wildman–Crippen LogP) is 3.56. The molecule has 0 saturated heterocycles. The third-order valence-electron chi connectivity index (χ3n) is 3.84. The lowest BCUT2D eigenvalue weighted by Gasteiger charge is -2.06. The normalized spacial score (nSPS) is 10.7. The van der Waals surface area contributed by atoms with Gasteiger partial charge in [0.25, 0.3) is 0 Å². The van der Waals surface area contributed by atoms with Crippen LogP contribution in [-0.2, 0) is 0 Å². The first kappa shape index (κ1) is 14.8. The summed E-state index contributed by atoms with van der Waals surface area (Å²) in [7, 11) is 0. The molecule has 5 heteroatoms. The van der Waals surface area contributed by atoms with Crippen molar-refractivity contribution in [3.05, 3.63) is 65.4 Å². The van der Waals surface area contributed by atoms with E-state index in [4.69, 9.17) is 0 Å². The summed E-state index contributed by atoms with van der Waals surface area (Å²) in [4.78, 5) is 11.5. The smallest absolute Gasteiger partial charge is 0.354 e. The zero-order chi connectivity index (χ0) is 16.6. The quantitative estimate of drug-likeness (QED) is 0.775. The van der Waals surface area contributed by atoms with Crippen molar-refractivity contribution in [2.45, 2.75) is 13.8 Å². The number of aromatic nitrogens is 2. The monoisotopic (exact) mass is 308 g/mol. The number of aryl methyl sites for hydroxylation is 2. The summed E-state index contributed by atoms with van der Waals surface area (Å²) >= 11 is 0. The number of phenolic OH excluding ortho intramolecular Hbond substituents is 1. The maximum absolute atomic E-state index is 11.5. The molecule has 0 atom stereocenters. The Bertz CT molecular complexity index is 897. The fourth-order valence-corrected chi connectivity index (χ4v) is 2.40. The zero-order valence-electron chi connectivity index (χ0n) is 12.8. The molecular weight excluding hydrogens is 292 g/mol. The number of hydrogen-bond donors (Lipinski definition) is 2. The van der Waals surface area contributed by atoms with Crippen molar-refractivity contribution < 1.29 is 15.0 Å². The number of aromatic carboxylic acids is 1. The van der Waals surface area contributed by atoms with Crippen LogP contribution in [0.15, 0.2) is 48.5 Å². The van der Waals surface area contributed by atoms with Gasteiger partial charge in [0.15, 0.2) is 5.69 Å². The Labute approximate surface area is 133 Å². The number of aromatic hydroxyl groups is 1. The molecule has 0 amide bonds. The van der Waals surface area contributed by atoms with Crippen LogP contribution in [0, 0.1) is 13.8 Å². The summed E-state index contributed by atoms with van der Waals surface area (Å²) in [5.74, 6) is -1.12. The molecule has 5 nitrogen and oxygen atoms in total. The van der Waals surface area contributed by atoms with Gasteiger partial charge in [0.05, 0.1) is 5.69 Å². The van der Waals surface area contributed by atoms with Crippen LogP contribution in [-0.4, -0.2) is 26.0 Å². The number of carboxylic acid groups (broad SMARTS) is 1. The minimum Gasteiger partial charge on any atom is -0.506 e. The summed E-state index contributed by atoms with van der Waals surface area (Å²) in [6.45, 7) is 4.01. The minimum absolute atomic E-state index is 0.000252. The predicted molar refractivity (Wildman–Crippen MR) is 87.1 cm³/mol. The molecule has 0 spiro atoms. The second-order valence-corrected chi connectivity index (χ2v) is 5.42. The molecule has 1 heterocycles. The van der Waals surface area contributed by atoms with Crippen molar-refractivity contribution in [2.75, 3.05) is 0 Å². The molecule has 0 aliphatic carbocycles. The summed E-state index contributed by atoms with van der Waals surface area (Å²) in [6.07, 6.45) is 0. The third-order valence-corrected chi connectivity index (χ3v) is 3.84. The second kappa shape index (κ2) is 5.61. The summed E-state index contributed by atoms with van der Waals surface area (Å²) in [6, 6.07) is 13.9. The van der Waals surface area contributed by atoms with Crippen molar-refractivity contribution >= 4 is 5.97 Å². The van der Waals surface area contributed by atoms with Crippen LogP contribution in [0.2, 0.25) is 0 Å². The van der Waals surface area contributed by atoms with E-state index in [1.807, 2.05) is 32.0 Å². The molecule has 0 aliphatic heterocycles. The molecule has 3 aromatic rings. The molecule has 116 valence electrons. The van der Waals surface area contributed by atoms with E-state index in [2.05, 4.69) is 5.10 Å². The van der Waals surface area contributed by atoms with Crippen LogP contribution in [0.1, 0.15) is 21.6 Å². The van der Waals surface area contributed by atoms with Crippen molar-refractivity contribution in [1.29, 1.82) is 0 Å². The molecular formula is C18H16N2O3. The van der Waals surface area contributed by atoms with Gasteiger partial charge in [0, 0.05) is 5.56 Å². The minimum atomic E-state index is -1.10. The lowest BCUT2D eigenvalue weighted by Crippen LogP contribution is -2.07. The van der Waals surface area contributed by atoms with Crippen LogP contribution in [0.3, 0.4) is 0 Å². The molecule has 2 aromatic carbocycles. The zero-order valence-corrected chi connectivity index (χ0v) is 12.8. The number of carboxylic acids is 1. The largest absolute Gasteiger partial charge is 0.506 e. The van der Waals surface area contributed by atoms with Gasteiger partial charge in [-0.1, -0.05) is 24.3 Å². The van der Waals surface area contributed by atoms with Crippen LogP contribution in [0.25, 0.3) is 16.9 Å². The summed E-state index contributed by atoms with van der Waals surface area (Å²) in [5.41, 5.74) is 3.99. The van der Waals surface area contributed by atoms with E-state index in [1.54, 1.807) is 18.2 Å². The Hall–Kier alpha value is -3.08. The third kappa shape index (κ3) is 2.68. The van der Waals surface area contributed by atoms with Crippen LogP contribution >= 0.6 is 0 Å². The van der Waals surface area contributed by atoms with E-state index in [-0.39, 0.29) is 11.4 Å². The van der Waals surface area contributed by atoms with Gasteiger partial charge in [0.2, 0.25) is 0 Å². The van der Waals surface area contributed by atoms with Crippen molar-refractivity contribution in [1.82, 2.24) is 9.78 Å². The van der Waals surface area contributed by atoms with Gasteiger partial charge in [-0.25, -0.2) is 9.48 Å². The first-order chi connectivity index (χ1) is 11.0. The standard InChI is InChI=1S/C18H16N2O3/c1-11-7-8-13(9-12(11)2)14-10-16(18(22)23)20(19-14)15-5-3-4-6-17(15)21/h3-10,21H,1-2H3,(H,22,23). The fraction of sp³-hybridized carbons (Fsp3) is 0.111. The van der Waals surface area contributed by atoms with E-state index in [0.29, 0.717) is 11.4 Å². The first-order valence-corrected chi connectivity index (χ1v) is 7.16. The molecule has 1 aromatic heterocycles. The average molecular weight is 308 g/mol. The molecule has 3 rings (SSSR count). The van der Waals surface area contributed by atoms with Crippen LogP contribution in [0.4, 0.5) is 0 Å². The van der Waals surface area contributed by atoms with E-state index in [1.165, 1.54) is 16.8 Å². The number of benzene rings is 2. The molecule has 0 saturated carbocycles. The Kier molecular flexibility index (Phi) is 3.62. The van der Waals surface area contributed by atoms with Crippen LogP contribution in [0.5, 0.6) is 5.75 Å². The van der Waals surface area contributed by atoms with Gasteiger partial charge in [-0.15, -0.1) is 0 Å². The SMILES string of the molecule is Cc1ccc(-c2cc(C(=O)O)n(-c3ccccc3O)n2)cc1C. The Balaban J connectivity index is 2.18. The number of nitrogens with zero attached hydrogens (tertiary/aromatic N) is 2. The second-order valence-electron chi connectivity index (χ2n) is 5.42. The maximum atomic E-state index is 11.5. The van der Waals surface area contributed by atoms with E-state index < -0.39 is 5.97 Å². The highest BCUT2D eigenvalue weighted by molar-refractivity contribution is 5.88. The molecule has 0 aliphatic rings.